The van der Waals surface area contributed by atoms with Gasteiger partial charge in [0.1, 0.15) is 11.5 Å². The lowest BCUT2D eigenvalue weighted by atomic mass is 10.1. The van der Waals surface area contributed by atoms with Crippen LogP contribution in [0.1, 0.15) is 25.0 Å². The fraction of sp³-hybridized carbons (Fsp3) is 0.261. The van der Waals surface area contributed by atoms with Gasteiger partial charge in [-0.15, -0.1) is 45.3 Å². The smallest absolute Gasteiger partial charge is 0.264 e. The Balaban J connectivity index is 1.65. The topological polar surface area (TPSA) is 38.8 Å². The number of aryl methyl sites for hydroxylation is 2. The number of benzene rings is 1. The minimum Gasteiger partial charge on any atom is -0.495 e. The van der Waals surface area contributed by atoms with E-state index in [9.17, 15) is 4.79 Å². The molecule has 1 aliphatic rings. The summed E-state index contributed by atoms with van der Waals surface area (Å²) in [6.07, 6.45) is 0. The van der Waals surface area contributed by atoms with Gasteiger partial charge in [0.25, 0.3) is 5.91 Å². The lowest BCUT2D eigenvalue weighted by Crippen LogP contribution is -2.17. The van der Waals surface area contributed by atoms with Gasteiger partial charge in [-0.2, -0.15) is 0 Å². The van der Waals surface area contributed by atoms with Crippen LogP contribution in [0.3, 0.4) is 0 Å². The van der Waals surface area contributed by atoms with Crippen molar-refractivity contribution < 1.29 is 14.3 Å². The summed E-state index contributed by atoms with van der Waals surface area (Å²) in [5.41, 5.74) is 1.19. The van der Waals surface area contributed by atoms with Crippen molar-refractivity contribution in [3.8, 4) is 21.3 Å². The number of nitrogens with zero attached hydrogens (tertiary/aromatic N) is 1. The standard InChI is InChI=1S/C23H19NO3S4/c1-9-6-11-16(26-4)19-12(17(27-5)18(11)28-9)7-14(30-19)21-22-15(10(2)29-21)13-8-24(3)23(25)20(13)31-22/h6-7H,8H2,1-5H3. The molecule has 4 nitrogen and oxygen atoms in total. The van der Waals surface area contributed by atoms with Gasteiger partial charge in [0, 0.05) is 49.9 Å². The molecule has 158 valence electrons. The van der Waals surface area contributed by atoms with Crippen molar-refractivity contribution in [3.63, 3.8) is 0 Å². The van der Waals surface area contributed by atoms with Gasteiger partial charge in [0.2, 0.25) is 0 Å². The molecule has 0 spiro atoms. The fourth-order valence-electron chi connectivity index (χ4n) is 4.56. The summed E-state index contributed by atoms with van der Waals surface area (Å²) >= 11 is 6.95. The third kappa shape index (κ3) is 2.53. The van der Waals surface area contributed by atoms with Crippen LogP contribution >= 0.6 is 45.3 Å². The number of hydrogen-bond donors (Lipinski definition) is 0. The summed E-state index contributed by atoms with van der Waals surface area (Å²) in [6, 6.07) is 4.42. The first-order valence-corrected chi connectivity index (χ1v) is 13.1. The molecule has 0 fully saturated rings. The van der Waals surface area contributed by atoms with Gasteiger partial charge in [-0.25, -0.2) is 0 Å². The number of carbonyl (C=O) groups excluding carboxylic acids is 1. The molecule has 0 atom stereocenters. The van der Waals surface area contributed by atoms with E-state index in [-0.39, 0.29) is 5.91 Å². The number of hydrogen-bond acceptors (Lipinski definition) is 7. The highest BCUT2D eigenvalue weighted by atomic mass is 32.1. The van der Waals surface area contributed by atoms with E-state index in [1.807, 2.05) is 18.4 Å². The van der Waals surface area contributed by atoms with E-state index in [1.165, 1.54) is 35.2 Å². The Morgan fingerprint density at radius 2 is 1.55 bits per heavy atom. The Morgan fingerprint density at radius 3 is 2.26 bits per heavy atom. The maximum atomic E-state index is 12.6. The van der Waals surface area contributed by atoms with Crippen LogP contribution in [-0.2, 0) is 6.54 Å². The summed E-state index contributed by atoms with van der Waals surface area (Å²) < 4.78 is 15.2. The number of thiophene rings is 4. The summed E-state index contributed by atoms with van der Waals surface area (Å²) in [6.45, 7) is 4.98. The number of amides is 1. The monoisotopic (exact) mass is 485 g/mol. The largest absolute Gasteiger partial charge is 0.495 e. The van der Waals surface area contributed by atoms with E-state index in [2.05, 4.69) is 26.0 Å². The highest BCUT2D eigenvalue weighted by molar-refractivity contribution is 7.31. The van der Waals surface area contributed by atoms with E-state index in [0.29, 0.717) is 6.54 Å². The first-order chi connectivity index (χ1) is 14.9. The minimum atomic E-state index is 0.141. The lowest BCUT2D eigenvalue weighted by molar-refractivity contribution is 0.0820. The Bertz CT molecular complexity index is 1490. The van der Waals surface area contributed by atoms with Gasteiger partial charge >= 0.3 is 0 Å². The SMILES string of the molecule is COc1c2cc(-c3sc(C)c4c5c(sc34)C(=O)N(C)C5)sc2c(OC)c2cc(C)sc12. The van der Waals surface area contributed by atoms with Crippen molar-refractivity contribution in [2.75, 3.05) is 21.3 Å². The molecule has 1 amide bonds. The predicted octanol–water partition coefficient (Wildman–Crippen LogP) is 7.28. The zero-order chi connectivity index (χ0) is 21.6. The molecule has 5 heterocycles. The predicted molar refractivity (Wildman–Crippen MR) is 134 cm³/mol. The third-order valence-electron chi connectivity index (χ3n) is 5.88. The van der Waals surface area contributed by atoms with Crippen LogP contribution < -0.4 is 9.47 Å². The van der Waals surface area contributed by atoms with E-state index >= 15 is 0 Å². The molecule has 0 radical (unpaired) electrons. The second-order valence-corrected chi connectivity index (χ2v) is 12.3. The zero-order valence-electron chi connectivity index (χ0n) is 17.7. The van der Waals surface area contributed by atoms with Crippen molar-refractivity contribution in [2.24, 2.45) is 0 Å². The number of methoxy groups -OCH3 is 2. The zero-order valence-corrected chi connectivity index (χ0v) is 20.9. The van der Waals surface area contributed by atoms with E-state index in [0.717, 1.165) is 36.5 Å². The maximum Gasteiger partial charge on any atom is 0.264 e. The van der Waals surface area contributed by atoms with Gasteiger partial charge in [-0.05, 0) is 26.0 Å². The maximum absolute atomic E-state index is 12.6. The summed E-state index contributed by atoms with van der Waals surface area (Å²) in [5, 5.41) is 3.47. The van der Waals surface area contributed by atoms with Crippen molar-refractivity contribution in [2.45, 2.75) is 20.4 Å². The molecule has 1 aliphatic heterocycles. The normalized spacial score (nSPS) is 13.8. The summed E-state index contributed by atoms with van der Waals surface area (Å²) in [7, 11) is 5.36. The number of fused-ring (bicyclic) bond motifs is 5. The van der Waals surface area contributed by atoms with Crippen molar-refractivity contribution in [3.05, 3.63) is 32.3 Å². The first kappa shape index (κ1) is 19.5. The second kappa shape index (κ2) is 6.68. The first-order valence-electron chi connectivity index (χ1n) is 9.81. The quantitative estimate of drug-likeness (QED) is 0.270. The molecule has 8 heteroatoms. The molecule has 5 aromatic rings. The molecule has 4 aromatic heterocycles. The molecule has 0 N–H and O–H groups in total. The van der Waals surface area contributed by atoms with E-state index in [4.69, 9.17) is 9.47 Å². The lowest BCUT2D eigenvalue weighted by Gasteiger charge is -2.08. The van der Waals surface area contributed by atoms with E-state index < -0.39 is 0 Å². The number of carbonyl (C=O) groups is 1. The van der Waals surface area contributed by atoms with Crippen LogP contribution in [0.2, 0.25) is 0 Å². The highest BCUT2D eigenvalue weighted by Crippen LogP contribution is 2.54. The molecular weight excluding hydrogens is 467 g/mol. The van der Waals surface area contributed by atoms with Crippen LogP contribution in [0.5, 0.6) is 11.5 Å². The Kier molecular flexibility index (Phi) is 4.21. The average molecular weight is 486 g/mol. The van der Waals surface area contributed by atoms with Crippen molar-refractivity contribution >= 4 is 81.5 Å². The highest BCUT2D eigenvalue weighted by Gasteiger charge is 2.32. The number of ether oxygens (including phenoxy) is 2. The summed E-state index contributed by atoms with van der Waals surface area (Å²) in [4.78, 5) is 20.2. The molecule has 6 rings (SSSR count). The van der Waals surface area contributed by atoms with Gasteiger partial charge < -0.3 is 14.4 Å². The van der Waals surface area contributed by atoms with Gasteiger partial charge in [0.15, 0.2) is 0 Å². The Morgan fingerprint density at radius 1 is 0.871 bits per heavy atom. The molecule has 1 aromatic carbocycles. The molecule has 0 bridgehead atoms. The van der Waals surface area contributed by atoms with Crippen LogP contribution in [0.15, 0.2) is 12.1 Å². The molecule has 0 unspecified atom stereocenters. The van der Waals surface area contributed by atoms with Crippen LogP contribution in [0, 0.1) is 13.8 Å². The fourth-order valence-corrected chi connectivity index (χ4v) is 9.68. The van der Waals surface area contributed by atoms with Crippen LogP contribution in [0.4, 0.5) is 0 Å². The molecule has 0 saturated heterocycles. The van der Waals surface area contributed by atoms with Crippen molar-refractivity contribution in [1.29, 1.82) is 0 Å². The Hall–Kier alpha value is -2.13. The summed E-state index contributed by atoms with van der Waals surface area (Å²) in [5.74, 6) is 1.98. The Labute approximate surface area is 195 Å². The molecule has 31 heavy (non-hydrogen) atoms. The molecular formula is C23H19NO3S4. The molecule has 0 aliphatic carbocycles. The van der Waals surface area contributed by atoms with Crippen molar-refractivity contribution in [1.82, 2.24) is 4.90 Å². The van der Waals surface area contributed by atoms with Gasteiger partial charge in [-0.1, -0.05) is 0 Å². The van der Waals surface area contributed by atoms with Gasteiger partial charge in [-0.3, -0.25) is 4.79 Å². The third-order valence-corrected chi connectivity index (χ3v) is 10.7. The van der Waals surface area contributed by atoms with Crippen LogP contribution in [0.25, 0.3) is 40.0 Å². The number of rotatable bonds is 3. The molecule has 0 saturated carbocycles. The average Bonchev–Trinajstić information content (AvgIpc) is 3.51. The van der Waals surface area contributed by atoms with Gasteiger partial charge in [0.05, 0.1) is 38.1 Å². The minimum absolute atomic E-state index is 0.141. The van der Waals surface area contributed by atoms with E-state index in [1.54, 1.807) is 53.1 Å². The van der Waals surface area contributed by atoms with Crippen LogP contribution in [-0.4, -0.2) is 32.1 Å². The second-order valence-electron chi connectivity index (χ2n) is 7.78.